The zero-order chi connectivity index (χ0) is 21.7. The number of aromatic carboxylic acids is 1. The molecule has 0 fully saturated rings. The molecule has 1 N–H and O–H groups in total. The third kappa shape index (κ3) is 5.45. The Hall–Kier alpha value is -3.19. The standard InChI is InChI=1S/C23H24FNO5/c1-15-5-4-6-19(20(15)22(26)27)30-14-23(2,3)13-28-11-18-12-29-21(25-18)16-7-9-17(24)10-8-16/h4-10,12H,11,13-14H2,1-3H3,(H,26,27). The van der Waals surface area contributed by atoms with Crippen LogP contribution < -0.4 is 4.74 Å². The van der Waals surface area contributed by atoms with Gasteiger partial charge in [-0.1, -0.05) is 26.0 Å². The third-order valence-corrected chi connectivity index (χ3v) is 4.45. The molecular formula is C23H24FNO5. The van der Waals surface area contributed by atoms with Crippen LogP contribution in [0, 0.1) is 18.2 Å². The van der Waals surface area contributed by atoms with Crippen molar-refractivity contribution < 1.29 is 28.2 Å². The first-order valence-corrected chi connectivity index (χ1v) is 9.49. The molecule has 7 heteroatoms. The normalized spacial score (nSPS) is 11.5. The van der Waals surface area contributed by atoms with Crippen molar-refractivity contribution in [1.29, 1.82) is 0 Å². The highest BCUT2D eigenvalue weighted by atomic mass is 19.1. The summed E-state index contributed by atoms with van der Waals surface area (Å²) < 4.78 is 30.0. The molecule has 0 saturated carbocycles. The number of carboxylic acids is 1. The molecule has 2 aromatic carbocycles. The predicted octanol–water partition coefficient (Wildman–Crippen LogP) is 5.11. The van der Waals surface area contributed by atoms with Crippen molar-refractivity contribution in [2.45, 2.75) is 27.4 Å². The highest BCUT2D eigenvalue weighted by Gasteiger charge is 2.22. The molecule has 1 heterocycles. The SMILES string of the molecule is Cc1cccc(OCC(C)(C)COCc2coc(-c3ccc(F)cc3)n2)c1C(=O)O. The molecule has 3 aromatic rings. The van der Waals surface area contributed by atoms with Gasteiger partial charge in [-0.15, -0.1) is 0 Å². The molecule has 3 rings (SSSR count). The number of aryl methyl sites for hydroxylation is 1. The summed E-state index contributed by atoms with van der Waals surface area (Å²) in [5, 5.41) is 9.40. The summed E-state index contributed by atoms with van der Waals surface area (Å²) in [7, 11) is 0. The molecular weight excluding hydrogens is 389 g/mol. The van der Waals surface area contributed by atoms with E-state index in [1.54, 1.807) is 37.3 Å². The summed E-state index contributed by atoms with van der Waals surface area (Å²) in [6.45, 7) is 6.59. The van der Waals surface area contributed by atoms with Crippen molar-refractivity contribution in [3.8, 4) is 17.2 Å². The molecule has 6 nitrogen and oxygen atoms in total. The van der Waals surface area contributed by atoms with Crippen LogP contribution in [0.1, 0.15) is 35.5 Å². The molecule has 0 aliphatic rings. The fourth-order valence-corrected chi connectivity index (χ4v) is 2.88. The van der Waals surface area contributed by atoms with Crippen molar-refractivity contribution in [3.05, 3.63) is 71.4 Å². The molecule has 0 radical (unpaired) electrons. The van der Waals surface area contributed by atoms with Crippen molar-refractivity contribution in [2.24, 2.45) is 5.41 Å². The number of oxazole rings is 1. The lowest BCUT2D eigenvalue weighted by molar-refractivity contribution is 0.0242. The molecule has 0 saturated heterocycles. The van der Waals surface area contributed by atoms with Crippen LogP contribution in [0.25, 0.3) is 11.5 Å². The van der Waals surface area contributed by atoms with Gasteiger partial charge in [0.15, 0.2) is 0 Å². The highest BCUT2D eigenvalue weighted by Crippen LogP contribution is 2.26. The fraction of sp³-hybridized carbons (Fsp3) is 0.304. The Morgan fingerprint density at radius 2 is 1.90 bits per heavy atom. The Morgan fingerprint density at radius 1 is 1.17 bits per heavy atom. The number of hydrogen-bond acceptors (Lipinski definition) is 5. The zero-order valence-electron chi connectivity index (χ0n) is 17.1. The van der Waals surface area contributed by atoms with Gasteiger partial charge < -0.3 is 19.0 Å². The quantitative estimate of drug-likeness (QED) is 0.525. The minimum absolute atomic E-state index is 0.171. The number of carboxylic acid groups (broad SMARTS) is 1. The van der Waals surface area contributed by atoms with E-state index in [1.807, 2.05) is 13.8 Å². The number of aromatic nitrogens is 1. The average molecular weight is 413 g/mol. The van der Waals surface area contributed by atoms with Crippen LogP contribution in [0.4, 0.5) is 4.39 Å². The largest absolute Gasteiger partial charge is 0.492 e. The topological polar surface area (TPSA) is 81.8 Å². The van der Waals surface area contributed by atoms with Crippen LogP contribution in [-0.2, 0) is 11.3 Å². The van der Waals surface area contributed by atoms with Gasteiger partial charge in [-0.3, -0.25) is 0 Å². The Kier molecular flexibility index (Phi) is 6.52. The molecule has 0 amide bonds. The van der Waals surface area contributed by atoms with E-state index in [1.165, 1.54) is 18.4 Å². The smallest absolute Gasteiger partial charge is 0.339 e. The Morgan fingerprint density at radius 3 is 2.60 bits per heavy atom. The number of halogens is 1. The molecule has 0 atom stereocenters. The van der Waals surface area contributed by atoms with E-state index >= 15 is 0 Å². The van der Waals surface area contributed by atoms with E-state index in [0.717, 1.165) is 0 Å². The minimum atomic E-state index is -1.01. The second-order valence-electron chi connectivity index (χ2n) is 7.85. The van der Waals surface area contributed by atoms with Crippen molar-refractivity contribution in [2.75, 3.05) is 13.2 Å². The molecule has 1 aromatic heterocycles. The first-order valence-electron chi connectivity index (χ1n) is 9.49. The van der Waals surface area contributed by atoms with E-state index in [0.29, 0.717) is 35.1 Å². The fourth-order valence-electron chi connectivity index (χ4n) is 2.88. The number of rotatable bonds is 9. The van der Waals surface area contributed by atoms with Gasteiger partial charge in [0.1, 0.15) is 29.1 Å². The van der Waals surface area contributed by atoms with Gasteiger partial charge in [0.25, 0.3) is 0 Å². The molecule has 0 unspecified atom stereocenters. The molecule has 0 bridgehead atoms. The van der Waals surface area contributed by atoms with Crippen molar-refractivity contribution in [1.82, 2.24) is 4.98 Å². The van der Waals surface area contributed by atoms with Crippen LogP contribution in [0.15, 0.2) is 53.1 Å². The van der Waals surface area contributed by atoms with Crippen LogP contribution in [0.3, 0.4) is 0 Å². The van der Waals surface area contributed by atoms with Crippen LogP contribution >= 0.6 is 0 Å². The van der Waals surface area contributed by atoms with Gasteiger partial charge in [-0.2, -0.15) is 0 Å². The molecule has 0 spiro atoms. The van der Waals surface area contributed by atoms with Gasteiger partial charge in [0.2, 0.25) is 5.89 Å². The predicted molar refractivity (Wildman–Crippen MR) is 109 cm³/mol. The van der Waals surface area contributed by atoms with Crippen LogP contribution in [-0.4, -0.2) is 29.3 Å². The van der Waals surface area contributed by atoms with Crippen LogP contribution in [0.2, 0.25) is 0 Å². The Bertz CT molecular complexity index is 1010. The summed E-state index contributed by atoms with van der Waals surface area (Å²) in [4.78, 5) is 15.8. The third-order valence-electron chi connectivity index (χ3n) is 4.45. The molecule has 158 valence electrons. The number of hydrogen-bond donors (Lipinski definition) is 1. The number of carbonyl (C=O) groups is 1. The summed E-state index contributed by atoms with van der Waals surface area (Å²) >= 11 is 0. The van der Waals surface area contributed by atoms with Gasteiger partial charge in [0, 0.05) is 11.0 Å². The second kappa shape index (κ2) is 9.09. The summed E-state index contributed by atoms with van der Waals surface area (Å²) in [6, 6.07) is 11.1. The lowest BCUT2D eigenvalue weighted by Crippen LogP contribution is -2.27. The van der Waals surface area contributed by atoms with Gasteiger partial charge in [0.05, 0.1) is 19.8 Å². The lowest BCUT2D eigenvalue weighted by atomic mass is 9.96. The number of nitrogens with zero attached hydrogens (tertiary/aromatic N) is 1. The summed E-state index contributed by atoms with van der Waals surface area (Å²) in [5.41, 5.74) is 1.77. The monoisotopic (exact) mass is 413 g/mol. The number of ether oxygens (including phenoxy) is 2. The van der Waals surface area contributed by atoms with Gasteiger partial charge >= 0.3 is 5.97 Å². The van der Waals surface area contributed by atoms with E-state index < -0.39 is 5.97 Å². The van der Waals surface area contributed by atoms with E-state index in [9.17, 15) is 14.3 Å². The first kappa shape index (κ1) is 21.5. The van der Waals surface area contributed by atoms with E-state index in [-0.39, 0.29) is 30.0 Å². The average Bonchev–Trinajstić information content (AvgIpc) is 3.15. The van der Waals surface area contributed by atoms with E-state index in [2.05, 4.69) is 4.98 Å². The molecule has 0 aliphatic carbocycles. The number of benzene rings is 2. The maximum Gasteiger partial charge on any atom is 0.339 e. The molecule has 0 aliphatic heterocycles. The van der Waals surface area contributed by atoms with Gasteiger partial charge in [-0.25, -0.2) is 14.2 Å². The first-order chi connectivity index (χ1) is 14.2. The van der Waals surface area contributed by atoms with Crippen molar-refractivity contribution in [3.63, 3.8) is 0 Å². The summed E-state index contributed by atoms with van der Waals surface area (Å²) in [5.74, 6) is -0.590. The second-order valence-corrected chi connectivity index (χ2v) is 7.85. The zero-order valence-corrected chi connectivity index (χ0v) is 17.1. The Balaban J connectivity index is 1.53. The minimum Gasteiger partial charge on any atom is -0.492 e. The lowest BCUT2D eigenvalue weighted by Gasteiger charge is -2.25. The van der Waals surface area contributed by atoms with Gasteiger partial charge in [-0.05, 0) is 42.8 Å². The maximum absolute atomic E-state index is 13.0. The summed E-state index contributed by atoms with van der Waals surface area (Å²) in [6.07, 6.45) is 1.51. The van der Waals surface area contributed by atoms with Crippen molar-refractivity contribution >= 4 is 5.97 Å². The highest BCUT2D eigenvalue weighted by molar-refractivity contribution is 5.92. The molecule has 30 heavy (non-hydrogen) atoms. The maximum atomic E-state index is 13.0. The van der Waals surface area contributed by atoms with E-state index in [4.69, 9.17) is 13.9 Å². The van der Waals surface area contributed by atoms with Crippen LogP contribution in [0.5, 0.6) is 5.75 Å². The Labute approximate surface area is 174 Å².